The molecular formula is C20H23N3O3S. The lowest BCUT2D eigenvalue weighted by Gasteiger charge is -2.13. The molecule has 0 fully saturated rings. The van der Waals surface area contributed by atoms with E-state index < -0.39 is 5.91 Å². The molecule has 0 radical (unpaired) electrons. The number of rotatable bonds is 5. The van der Waals surface area contributed by atoms with Gasteiger partial charge in [0.05, 0.1) is 6.42 Å². The van der Waals surface area contributed by atoms with Gasteiger partial charge in [0.25, 0.3) is 5.91 Å². The molecule has 2 amide bonds. The molecule has 0 bridgehead atoms. The maximum absolute atomic E-state index is 12.0. The zero-order valence-electron chi connectivity index (χ0n) is 15.6. The van der Waals surface area contributed by atoms with E-state index in [2.05, 4.69) is 16.2 Å². The van der Waals surface area contributed by atoms with E-state index in [-0.39, 0.29) is 24.0 Å². The van der Waals surface area contributed by atoms with Crippen LogP contribution in [0.4, 0.5) is 0 Å². The summed E-state index contributed by atoms with van der Waals surface area (Å²) in [6.07, 6.45) is 0.207. The van der Waals surface area contributed by atoms with Gasteiger partial charge in [-0.15, -0.1) is 0 Å². The monoisotopic (exact) mass is 385 g/mol. The first-order valence-corrected chi connectivity index (χ1v) is 8.89. The molecule has 0 heterocycles. The zero-order chi connectivity index (χ0) is 19.8. The second-order valence-electron chi connectivity index (χ2n) is 6.21. The number of hydrogen-bond acceptors (Lipinski definition) is 4. The van der Waals surface area contributed by atoms with Crippen molar-refractivity contribution in [2.75, 3.05) is 6.61 Å². The number of carbonyl (C=O) groups is 2. The summed E-state index contributed by atoms with van der Waals surface area (Å²) in [7, 11) is 0. The molecule has 3 N–H and O–H groups in total. The largest absolute Gasteiger partial charge is 0.483 e. The van der Waals surface area contributed by atoms with Crippen LogP contribution in [0.2, 0.25) is 0 Å². The number of hydrogen-bond donors (Lipinski definition) is 3. The summed E-state index contributed by atoms with van der Waals surface area (Å²) in [5.41, 5.74) is 8.92. The van der Waals surface area contributed by atoms with Gasteiger partial charge in [-0.2, -0.15) is 0 Å². The maximum atomic E-state index is 12.0. The van der Waals surface area contributed by atoms with Crippen molar-refractivity contribution in [1.82, 2.24) is 16.2 Å². The van der Waals surface area contributed by atoms with Crippen LogP contribution in [-0.4, -0.2) is 23.5 Å². The zero-order valence-corrected chi connectivity index (χ0v) is 16.4. The van der Waals surface area contributed by atoms with Crippen LogP contribution in [-0.2, 0) is 16.0 Å². The molecule has 0 spiro atoms. The van der Waals surface area contributed by atoms with Gasteiger partial charge in [-0.1, -0.05) is 42.0 Å². The average molecular weight is 385 g/mol. The number of benzene rings is 2. The van der Waals surface area contributed by atoms with Crippen molar-refractivity contribution in [3.05, 3.63) is 64.7 Å². The molecule has 0 aromatic heterocycles. The number of carbonyl (C=O) groups excluding carboxylic acids is 2. The number of ether oxygens (including phenoxy) is 1. The topological polar surface area (TPSA) is 79.5 Å². The lowest BCUT2D eigenvalue weighted by atomic mass is 10.1. The van der Waals surface area contributed by atoms with Gasteiger partial charge in [0, 0.05) is 0 Å². The average Bonchev–Trinajstić information content (AvgIpc) is 2.61. The first kappa shape index (κ1) is 20.4. The van der Waals surface area contributed by atoms with Crippen molar-refractivity contribution in [3.63, 3.8) is 0 Å². The maximum Gasteiger partial charge on any atom is 0.276 e. The van der Waals surface area contributed by atoms with E-state index in [4.69, 9.17) is 17.0 Å². The second kappa shape index (κ2) is 9.68. The Morgan fingerprint density at radius 1 is 0.963 bits per heavy atom. The van der Waals surface area contributed by atoms with Crippen LogP contribution in [0.15, 0.2) is 42.5 Å². The molecule has 27 heavy (non-hydrogen) atoms. The third-order valence-electron chi connectivity index (χ3n) is 3.87. The van der Waals surface area contributed by atoms with Gasteiger partial charge in [-0.25, -0.2) is 0 Å². The molecule has 0 saturated carbocycles. The Bertz CT molecular complexity index is 852. The Kier molecular flexibility index (Phi) is 7.31. The summed E-state index contributed by atoms with van der Waals surface area (Å²) < 4.78 is 5.48. The molecule has 0 aliphatic heterocycles. The molecule has 142 valence electrons. The fourth-order valence-electron chi connectivity index (χ4n) is 2.45. The van der Waals surface area contributed by atoms with Crippen molar-refractivity contribution >= 4 is 29.1 Å². The van der Waals surface area contributed by atoms with Gasteiger partial charge >= 0.3 is 0 Å². The van der Waals surface area contributed by atoms with Crippen molar-refractivity contribution in [2.45, 2.75) is 27.2 Å². The van der Waals surface area contributed by atoms with Crippen LogP contribution in [0.3, 0.4) is 0 Å². The van der Waals surface area contributed by atoms with Gasteiger partial charge in [0.1, 0.15) is 5.75 Å². The number of thiocarbonyl (C=S) groups is 1. The summed E-state index contributed by atoms with van der Waals surface area (Å²) >= 11 is 5.01. The molecule has 0 atom stereocenters. The molecule has 0 aliphatic carbocycles. The Balaban J connectivity index is 1.72. The van der Waals surface area contributed by atoms with E-state index in [0.717, 1.165) is 22.3 Å². The van der Waals surface area contributed by atoms with Crippen LogP contribution < -0.4 is 20.9 Å². The van der Waals surface area contributed by atoms with Crippen molar-refractivity contribution in [1.29, 1.82) is 0 Å². The van der Waals surface area contributed by atoms with Crippen molar-refractivity contribution < 1.29 is 14.3 Å². The first-order chi connectivity index (χ1) is 12.8. The number of nitrogens with one attached hydrogen (secondary N) is 3. The number of hydrazine groups is 1. The molecule has 0 aliphatic rings. The van der Waals surface area contributed by atoms with Crippen LogP contribution in [0.5, 0.6) is 5.75 Å². The predicted octanol–water partition coefficient (Wildman–Crippen LogP) is 2.26. The molecule has 7 heteroatoms. The standard InChI is InChI=1S/C20H23N3O3S/c1-13-8-9-17(15(3)10-13)26-12-19(25)22-23-20(27)21-18(24)11-16-7-5-4-6-14(16)2/h4-10H,11-12H2,1-3H3,(H,22,25)(H2,21,23,24,27). The lowest BCUT2D eigenvalue weighted by molar-refractivity contribution is -0.124. The smallest absolute Gasteiger partial charge is 0.276 e. The Hall–Kier alpha value is -2.93. The van der Waals surface area contributed by atoms with Gasteiger partial charge in [0.15, 0.2) is 11.7 Å². The predicted molar refractivity (Wildman–Crippen MR) is 108 cm³/mol. The minimum absolute atomic E-state index is 0.0217. The van der Waals surface area contributed by atoms with Crippen LogP contribution in [0.1, 0.15) is 22.3 Å². The van der Waals surface area contributed by atoms with E-state index >= 15 is 0 Å². The van der Waals surface area contributed by atoms with Gasteiger partial charge in [-0.05, 0) is 55.7 Å². The van der Waals surface area contributed by atoms with Gasteiger partial charge < -0.3 is 10.1 Å². The van der Waals surface area contributed by atoms with E-state index in [1.165, 1.54) is 0 Å². The SMILES string of the molecule is Cc1ccc(OCC(=O)NNC(=S)NC(=O)Cc2ccccc2C)c(C)c1. The Morgan fingerprint density at radius 2 is 1.70 bits per heavy atom. The first-order valence-electron chi connectivity index (χ1n) is 8.48. The van der Waals surface area contributed by atoms with E-state index in [1.807, 2.05) is 63.2 Å². The summed E-state index contributed by atoms with van der Waals surface area (Å²) in [5.74, 6) is -0.0297. The van der Waals surface area contributed by atoms with E-state index in [9.17, 15) is 9.59 Å². The quantitative estimate of drug-likeness (QED) is 0.543. The summed E-state index contributed by atoms with van der Waals surface area (Å²) in [5, 5.41) is 2.55. The molecule has 2 aromatic rings. The Labute approximate surface area is 164 Å². The highest BCUT2D eigenvalue weighted by molar-refractivity contribution is 7.80. The molecule has 0 unspecified atom stereocenters. The minimum atomic E-state index is -0.412. The Morgan fingerprint density at radius 3 is 2.41 bits per heavy atom. The summed E-state index contributed by atoms with van der Waals surface area (Å²) in [4.78, 5) is 23.9. The summed E-state index contributed by atoms with van der Waals surface area (Å²) in [6, 6.07) is 13.3. The summed E-state index contributed by atoms with van der Waals surface area (Å²) in [6.45, 7) is 5.67. The number of aryl methyl sites for hydroxylation is 3. The van der Waals surface area contributed by atoms with E-state index in [0.29, 0.717) is 5.75 Å². The van der Waals surface area contributed by atoms with Crippen LogP contribution in [0, 0.1) is 20.8 Å². The van der Waals surface area contributed by atoms with Gasteiger partial charge in [0.2, 0.25) is 5.91 Å². The van der Waals surface area contributed by atoms with E-state index in [1.54, 1.807) is 0 Å². The molecular weight excluding hydrogens is 362 g/mol. The highest BCUT2D eigenvalue weighted by atomic mass is 32.1. The van der Waals surface area contributed by atoms with Crippen LogP contribution >= 0.6 is 12.2 Å². The fourth-order valence-corrected chi connectivity index (χ4v) is 2.62. The normalized spacial score (nSPS) is 10.0. The highest BCUT2D eigenvalue weighted by Crippen LogP contribution is 2.18. The molecule has 0 saturated heterocycles. The van der Waals surface area contributed by atoms with Crippen molar-refractivity contribution in [3.8, 4) is 5.75 Å². The fraction of sp³-hybridized carbons (Fsp3) is 0.250. The minimum Gasteiger partial charge on any atom is -0.483 e. The molecule has 2 aromatic carbocycles. The lowest BCUT2D eigenvalue weighted by Crippen LogP contribution is -2.50. The third-order valence-corrected chi connectivity index (χ3v) is 4.07. The number of amides is 2. The molecule has 6 nitrogen and oxygen atoms in total. The second-order valence-corrected chi connectivity index (χ2v) is 6.62. The van der Waals surface area contributed by atoms with Crippen molar-refractivity contribution in [2.24, 2.45) is 0 Å². The molecule has 2 rings (SSSR count). The highest BCUT2D eigenvalue weighted by Gasteiger charge is 2.09. The van der Waals surface area contributed by atoms with Gasteiger partial charge in [-0.3, -0.25) is 20.4 Å². The third kappa shape index (κ3) is 6.71. The van der Waals surface area contributed by atoms with Crippen LogP contribution in [0.25, 0.3) is 0 Å².